The molecule has 0 heterocycles. The molecule has 1 aliphatic rings. The smallest absolute Gasteiger partial charge is 0.664 e. The first kappa shape index (κ1) is 29.2. The van der Waals surface area contributed by atoms with Gasteiger partial charge in [-0.1, -0.05) is 57.0 Å². The van der Waals surface area contributed by atoms with Gasteiger partial charge in [0.1, 0.15) is 0 Å². The van der Waals surface area contributed by atoms with E-state index in [9.17, 15) is 4.79 Å². The van der Waals surface area contributed by atoms with Crippen molar-refractivity contribution >= 4 is 16.9 Å². The van der Waals surface area contributed by atoms with Crippen LogP contribution in [-0.4, -0.2) is 16.9 Å². The van der Waals surface area contributed by atoms with E-state index in [1.54, 1.807) is 24.3 Å². The van der Waals surface area contributed by atoms with Crippen LogP contribution in [0, 0.1) is 26.8 Å². The first-order chi connectivity index (χ1) is 8.43. The number of rotatable bonds is 1. The van der Waals surface area contributed by atoms with E-state index in [0.29, 0.717) is 11.5 Å². The molecule has 0 saturated heterocycles. The van der Waals surface area contributed by atoms with Gasteiger partial charge in [-0.25, -0.2) is 5.57 Å². The molecular formula is C18H29NOSiTi. The molecule has 2 rings (SSSR count). The van der Waals surface area contributed by atoms with E-state index in [0.717, 1.165) is 0 Å². The maximum absolute atomic E-state index is 10.3. The van der Waals surface area contributed by atoms with Crippen molar-refractivity contribution in [2.75, 3.05) is 0 Å². The first-order valence-corrected chi connectivity index (χ1v) is 6.02. The van der Waals surface area contributed by atoms with Crippen LogP contribution in [0.25, 0.3) is 5.73 Å². The number of carbonyl (C=O) groups is 1. The van der Waals surface area contributed by atoms with Crippen LogP contribution in [-0.2, 0) is 21.7 Å². The Morgan fingerprint density at radius 1 is 1.09 bits per heavy atom. The molecule has 120 valence electrons. The normalized spacial score (nSPS) is 14.7. The van der Waals surface area contributed by atoms with E-state index in [4.69, 9.17) is 5.73 Å². The van der Waals surface area contributed by atoms with E-state index >= 15 is 0 Å². The van der Waals surface area contributed by atoms with Gasteiger partial charge in [-0.2, -0.15) is 11.1 Å². The molecule has 1 aromatic carbocycles. The number of allylic oxidation sites excluding steroid dienone is 4. The predicted molar refractivity (Wildman–Crippen MR) is 99.2 cm³/mol. The molecule has 0 bridgehead atoms. The number of benzene rings is 1. The molecule has 22 heavy (non-hydrogen) atoms. The Morgan fingerprint density at radius 2 is 1.55 bits per heavy atom. The van der Waals surface area contributed by atoms with Gasteiger partial charge in [-0.3, -0.25) is 6.08 Å². The Morgan fingerprint density at radius 3 is 1.73 bits per heavy atom. The van der Waals surface area contributed by atoms with Crippen molar-refractivity contribution in [2.45, 2.75) is 27.7 Å². The van der Waals surface area contributed by atoms with Crippen molar-refractivity contribution in [1.29, 1.82) is 0 Å². The van der Waals surface area contributed by atoms with Gasteiger partial charge in [0.05, 0.1) is 5.91 Å². The minimum absolute atomic E-state index is 0. The zero-order valence-corrected chi connectivity index (χ0v) is 15.4. The third-order valence-corrected chi connectivity index (χ3v) is 3.27. The van der Waals surface area contributed by atoms with E-state index in [1.165, 1.54) is 16.7 Å². The molecule has 4 heteroatoms. The maximum atomic E-state index is 10.3. The second-order valence-corrected chi connectivity index (χ2v) is 4.49. The van der Waals surface area contributed by atoms with E-state index < -0.39 is 5.91 Å². The summed E-state index contributed by atoms with van der Waals surface area (Å²) in [5.74, 6) is -0.0689. The fraction of sp³-hybridized carbons (Fsp3) is 0.278. The van der Waals surface area contributed by atoms with Gasteiger partial charge in [0.15, 0.2) is 0 Å². The topological polar surface area (TPSA) is 40.9 Å². The van der Waals surface area contributed by atoms with Crippen LogP contribution in [0.2, 0.25) is 0 Å². The molecular weight excluding hydrogens is 322 g/mol. The summed E-state index contributed by atoms with van der Waals surface area (Å²) in [5, 5.41) is 0. The molecule has 0 fully saturated rings. The third kappa shape index (κ3) is 8.52. The second kappa shape index (κ2) is 13.7. The maximum Gasteiger partial charge on any atom is 4.00 e. The molecule has 0 spiro atoms. The number of hydrogen-bond acceptors (Lipinski definition) is 1. The quantitative estimate of drug-likeness (QED) is 0.556. The Labute approximate surface area is 156 Å². The third-order valence-electron chi connectivity index (χ3n) is 3.27. The van der Waals surface area contributed by atoms with Crippen LogP contribution in [0.5, 0.6) is 0 Å². The summed E-state index contributed by atoms with van der Waals surface area (Å²) in [5.41, 5.74) is 11.4. The van der Waals surface area contributed by atoms with Crippen molar-refractivity contribution in [3.63, 3.8) is 0 Å². The molecule has 1 atom stereocenters. The summed E-state index contributed by atoms with van der Waals surface area (Å²) in [6.07, 6.45) is 3.36. The Hall–Kier alpha value is -0.899. The number of carbonyl (C=O) groups excluding carboxylic acids is 1. The Kier molecular flexibility index (Phi) is 18.2. The van der Waals surface area contributed by atoms with Gasteiger partial charge in [0.2, 0.25) is 0 Å². The zero-order chi connectivity index (χ0) is 13.7. The van der Waals surface area contributed by atoms with Crippen LogP contribution in [0.15, 0.2) is 47.1 Å². The fourth-order valence-electron chi connectivity index (χ4n) is 1.75. The number of hydrogen-bond donors (Lipinski definition) is 0. The number of amides is 1. The van der Waals surface area contributed by atoms with Crippen molar-refractivity contribution in [1.82, 2.24) is 0 Å². The van der Waals surface area contributed by atoms with Crippen LogP contribution in [0.1, 0.15) is 38.1 Å². The van der Waals surface area contributed by atoms with E-state index in [1.807, 2.05) is 6.07 Å². The average molecular weight is 351 g/mol. The summed E-state index contributed by atoms with van der Waals surface area (Å²) in [6.45, 7) is 8.67. The summed E-state index contributed by atoms with van der Waals surface area (Å²) in [6, 6.07) is 8.53. The van der Waals surface area contributed by atoms with Crippen LogP contribution < -0.4 is 0 Å². The van der Waals surface area contributed by atoms with Crippen molar-refractivity contribution in [2.24, 2.45) is 5.92 Å². The molecule has 1 amide bonds. The molecule has 0 aromatic heterocycles. The molecule has 0 saturated carbocycles. The molecule has 1 aliphatic carbocycles. The van der Waals surface area contributed by atoms with Crippen molar-refractivity contribution in [3.05, 3.63) is 79.3 Å². The van der Waals surface area contributed by atoms with Gasteiger partial charge in [-0.05, 0) is 16.5 Å². The minimum Gasteiger partial charge on any atom is -0.664 e. The van der Waals surface area contributed by atoms with Crippen LogP contribution in [0.4, 0.5) is 0 Å². The van der Waals surface area contributed by atoms with E-state index in [-0.39, 0.29) is 47.5 Å². The standard InChI is InChI=1S/C9H13.C7H7NO.2CH3.H4Si.Ti/c1-6-5-7(2)9(4)8(6)3;8-7(9)6-4-2-1-3-5-6;;;;/h6H,1-4H3;1-5H,(H2,8,9);2*1H3;1H4;/q-1;;2*-1;;+4/p-1. The van der Waals surface area contributed by atoms with E-state index in [2.05, 4.69) is 33.8 Å². The van der Waals surface area contributed by atoms with Crippen molar-refractivity contribution in [3.8, 4) is 0 Å². The molecule has 2 nitrogen and oxygen atoms in total. The molecule has 1 N–H and O–H groups in total. The van der Waals surface area contributed by atoms with Crippen LogP contribution in [0.3, 0.4) is 0 Å². The fourth-order valence-corrected chi connectivity index (χ4v) is 1.75. The average Bonchev–Trinajstić information content (AvgIpc) is 2.58. The van der Waals surface area contributed by atoms with Gasteiger partial charge in [-0.15, -0.1) is 6.92 Å². The second-order valence-electron chi connectivity index (χ2n) is 4.49. The van der Waals surface area contributed by atoms with Gasteiger partial charge in [0.25, 0.3) is 0 Å². The van der Waals surface area contributed by atoms with Crippen molar-refractivity contribution < 1.29 is 26.5 Å². The first-order valence-electron chi connectivity index (χ1n) is 6.02. The molecule has 0 radical (unpaired) electrons. The van der Waals surface area contributed by atoms with Gasteiger partial charge >= 0.3 is 21.7 Å². The zero-order valence-electron chi connectivity index (χ0n) is 13.9. The van der Waals surface area contributed by atoms with Gasteiger partial charge < -0.3 is 25.4 Å². The molecule has 1 unspecified atom stereocenters. The summed E-state index contributed by atoms with van der Waals surface area (Å²) in [4.78, 5) is 10.3. The van der Waals surface area contributed by atoms with Gasteiger partial charge in [0, 0.05) is 0 Å². The monoisotopic (exact) mass is 351 g/mol. The summed E-state index contributed by atoms with van der Waals surface area (Å²) in [7, 11) is 0. The van der Waals surface area contributed by atoms with Crippen LogP contribution >= 0.6 is 0 Å². The summed E-state index contributed by atoms with van der Waals surface area (Å²) >= 11 is 0. The SMILES string of the molecule is CC1=[C-]C(C)C(C)=C1C.[CH3-].[CH3-].[NH-]C(=O)c1ccccc1.[SiH4].[Ti+4]. The largest absolute Gasteiger partial charge is 4.00 e. The molecule has 1 aromatic rings. The number of nitrogens with one attached hydrogen (secondary N) is 1. The molecule has 0 aliphatic heterocycles. The predicted octanol–water partition coefficient (Wildman–Crippen LogP) is 4.05. The summed E-state index contributed by atoms with van der Waals surface area (Å²) < 4.78 is 0. The minimum atomic E-state index is -0.629. The Bertz CT molecular complexity index is 495. The Balaban J connectivity index is -0.000000125.